The van der Waals surface area contributed by atoms with Gasteiger partial charge in [-0.15, -0.1) is 10.2 Å². The Labute approximate surface area is 168 Å². The number of rotatable bonds is 5. The smallest absolute Gasteiger partial charge is 0.329 e. The topological polar surface area (TPSA) is 86.2 Å². The number of carbonyl (C=O) groups excluding carboxylic acids is 1. The first-order chi connectivity index (χ1) is 14.1. The fourth-order valence-corrected chi connectivity index (χ4v) is 5.11. The van der Waals surface area contributed by atoms with Gasteiger partial charge in [-0.25, -0.2) is 4.79 Å². The van der Waals surface area contributed by atoms with Gasteiger partial charge in [0.25, 0.3) is 0 Å². The number of imidazole rings is 1. The van der Waals surface area contributed by atoms with Crippen LogP contribution in [0.15, 0.2) is 33.5 Å². The molecule has 0 spiro atoms. The Morgan fingerprint density at radius 3 is 2.55 bits per heavy atom. The van der Waals surface area contributed by atoms with Gasteiger partial charge in [-0.3, -0.25) is 13.9 Å². The minimum absolute atomic E-state index is 0.0234. The van der Waals surface area contributed by atoms with E-state index in [-0.39, 0.29) is 18.1 Å². The molecular formula is C21H25N5O3. The van der Waals surface area contributed by atoms with E-state index < -0.39 is 5.54 Å². The Kier molecular flexibility index (Phi) is 4.11. The van der Waals surface area contributed by atoms with Crippen molar-refractivity contribution in [3.8, 4) is 0 Å². The Hall–Kier alpha value is -2.90. The third-order valence-corrected chi connectivity index (χ3v) is 6.71. The SMILES string of the molecule is CCc1nnc([C@]23CC[C@H]2CCN3C(=O)Cn2c(=O)n(CC)c3ccccc32)o1. The summed E-state index contributed by atoms with van der Waals surface area (Å²) in [6, 6.07) is 7.63. The maximum Gasteiger partial charge on any atom is 0.329 e. The van der Waals surface area contributed by atoms with E-state index in [1.54, 1.807) is 9.13 Å². The van der Waals surface area contributed by atoms with Gasteiger partial charge in [0.15, 0.2) is 0 Å². The van der Waals surface area contributed by atoms with Gasteiger partial charge in [0.2, 0.25) is 17.7 Å². The third kappa shape index (κ3) is 2.44. The summed E-state index contributed by atoms with van der Waals surface area (Å²) in [4.78, 5) is 28.2. The minimum atomic E-state index is -0.496. The molecule has 2 atom stereocenters. The Balaban J connectivity index is 1.51. The molecule has 5 rings (SSSR count). The molecule has 0 radical (unpaired) electrons. The molecule has 1 saturated heterocycles. The van der Waals surface area contributed by atoms with E-state index in [4.69, 9.17) is 4.42 Å². The van der Waals surface area contributed by atoms with Crippen LogP contribution in [-0.4, -0.2) is 36.7 Å². The number of nitrogens with zero attached hydrogens (tertiary/aromatic N) is 5. The van der Waals surface area contributed by atoms with Gasteiger partial charge in [0.05, 0.1) is 11.0 Å². The van der Waals surface area contributed by atoms with Crippen LogP contribution in [0.5, 0.6) is 0 Å². The molecule has 2 aliphatic rings. The lowest BCUT2D eigenvalue weighted by molar-refractivity contribution is -0.143. The van der Waals surface area contributed by atoms with Crippen molar-refractivity contribution in [1.29, 1.82) is 0 Å². The van der Waals surface area contributed by atoms with Crippen molar-refractivity contribution < 1.29 is 9.21 Å². The van der Waals surface area contributed by atoms with E-state index in [9.17, 15) is 9.59 Å². The van der Waals surface area contributed by atoms with Crippen molar-refractivity contribution >= 4 is 16.9 Å². The first-order valence-corrected chi connectivity index (χ1v) is 10.4. The lowest BCUT2D eigenvalue weighted by Crippen LogP contribution is -2.54. The second-order valence-corrected chi connectivity index (χ2v) is 7.95. The number of hydrogen-bond donors (Lipinski definition) is 0. The summed E-state index contributed by atoms with van der Waals surface area (Å²) >= 11 is 0. The van der Waals surface area contributed by atoms with Gasteiger partial charge < -0.3 is 9.32 Å². The largest absolute Gasteiger partial charge is 0.423 e. The monoisotopic (exact) mass is 395 g/mol. The second-order valence-electron chi connectivity index (χ2n) is 7.95. The number of fused-ring (bicyclic) bond motifs is 2. The first kappa shape index (κ1) is 18.1. The highest BCUT2D eigenvalue weighted by molar-refractivity contribution is 5.82. The molecule has 1 aromatic carbocycles. The zero-order chi connectivity index (χ0) is 20.2. The molecule has 0 unspecified atom stereocenters. The molecule has 0 bridgehead atoms. The minimum Gasteiger partial charge on any atom is -0.423 e. The predicted octanol–water partition coefficient (Wildman–Crippen LogP) is 2.31. The lowest BCUT2D eigenvalue weighted by atomic mass is 9.67. The molecule has 2 fully saturated rings. The third-order valence-electron chi connectivity index (χ3n) is 6.71. The molecule has 29 heavy (non-hydrogen) atoms. The van der Waals surface area contributed by atoms with Crippen LogP contribution in [0, 0.1) is 5.92 Å². The highest BCUT2D eigenvalue weighted by atomic mass is 16.4. The van der Waals surface area contributed by atoms with Crippen LogP contribution in [0.4, 0.5) is 0 Å². The number of amides is 1. The number of para-hydroxylation sites is 2. The summed E-state index contributed by atoms with van der Waals surface area (Å²) in [5.74, 6) is 1.44. The molecule has 0 N–H and O–H groups in total. The van der Waals surface area contributed by atoms with Crippen molar-refractivity contribution in [3.63, 3.8) is 0 Å². The zero-order valence-corrected chi connectivity index (χ0v) is 16.8. The van der Waals surface area contributed by atoms with Crippen molar-refractivity contribution in [3.05, 3.63) is 46.5 Å². The molecule has 2 aromatic heterocycles. The number of aromatic nitrogens is 4. The van der Waals surface area contributed by atoms with Crippen LogP contribution < -0.4 is 5.69 Å². The molecule has 1 saturated carbocycles. The Morgan fingerprint density at radius 1 is 1.17 bits per heavy atom. The number of likely N-dealkylation sites (tertiary alicyclic amines) is 1. The fraction of sp³-hybridized carbons (Fsp3) is 0.524. The van der Waals surface area contributed by atoms with Crippen molar-refractivity contribution in [2.45, 2.75) is 58.2 Å². The van der Waals surface area contributed by atoms with E-state index in [0.717, 1.165) is 30.3 Å². The van der Waals surface area contributed by atoms with Gasteiger partial charge >= 0.3 is 5.69 Å². The molecule has 152 valence electrons. The van der Waals surface area contributed by atoms with Crippen molar-refractivity contribution in [2.75, 3.05) is 6.54 Å². The van der Waals surface area contributed by atoms with Gasteiger partial charge in [-0.05, 0) is 44.2 Å². The van der Waals surface area contributed by atoms with Gasteiger partial charge in [-0.2, -0.15) is 0 Å². The summed E-state index contributed by atoms with van der Waals surface area (Å²) in [7, 11) is 0. The van der Waals surface area contributed by atoms with Gasteiger partial charge in [-0.1, -0.05) is 19.1 Å². The highest BCUT2D eigenvalue weighted by Crippen LogP contribution is 2.56. The molecule has 8 nitrogen and oxygen atoms in total. The molecular weight excluding hydrogens is 370 g/mol. The average Bonchev–Trinajstić information content (AvgIpc) is 3.36. The second kappa shape index (κ2) is 6.57. The van der Waals surface area contributed by atoms with Crippen LogP contribution in [0.3, 0.4) is 0 Å². The quantitative estimate of drug-likeness (QED) is 0.662. The van der Waals surface area contributed by atoms with Gasteiger partial charge in [0, 0.05) is 19.5 Å². The standard InChI is InChI=1S/C21H25N5O3/c1-3-17-22-23-19(29-17)21-11-9-14(21)10-12-26(21)18(27)13-25-16-8-6-5-7-15(16)24(4-2)20(25)28/h5-8,14H,3-4,9-13H2,1-2H3/t14-,21-/m0/s1. The number of hydrogen-bond acceptors (Lipinski definition) is 5. The summed E-state index contributed by atoms with van der Waals surface area (Å²) in [6.07, 6.45) is 3.50. The zero-order valence-electron chi connectivity index (χ0n) is 16.8. The molecule has 1 amide bonds. The van der Waals surface area contributed by atoms with Crippen LogP contribution in [0.1, 0.15) is 44.9 Å². The fourth-order valence-electron chi connectivity index (χ4n) is 5.11. The molecule has 8 heteroatoms. The number of aryl methyl sites for hydroxylation is 2. The van der Waals surface area contributed by atoms with E-state index >= 15 is 0 Å². The Bertz CT molecular complexity index is 1140. The maximum atomic E-state index is 13.4. The number of carbonyl (C=O) groups is 1. The maximum absolute atomic E-state index is 13.4. The summed E-state index contributed by atoms with van der Waals surface area (Å²) in [6.45, 7) is 5.16. The lowest BCUT2D eigenvalue weighted by Gasteiger charge is -2.47. The summed E-state index contributed by atoms with van der Waals surface area (Å²) in [5, 5.41) is 8.41. The van der Waals surface area contributed by atoms with Crippen molar-refractivity contribution in [1.82, 2.24) is 24.2 Å². The summed E-state index contributed by atoms with van der Waals surface area (Å²) < 4.78 is 9.20. The summed E-state index contributed by atoms with van der Waals surface area (Å²) in [5.41, 5.74) is 1.00. The van der Waals surface area contributed by atoms with Crippen LogP contribution in [-0.2, 0) is 29.8 Å². The number of benzene rings is 1. The van der Waals surface area contributed by atoms with E-state index in [1.807, 2.05) is 43.0 Å². The van der Waals surface area contributed by atoms with E-state index in [2.05, 4.69) is 10.2 Å². The van der Waals surface area contributed by atoms with Gasteiger partial charge in [0.1, 0.15) is 12.1 Å². The Morgan fingerprint density at radius 2 is 1.93 bits per heavy atom. The normalized spacial score (nSPS) is 23.4. The van der Waals surface area contributed by atoms with E-state index in [0.29, 0.717) is 37.2 Å². The van der Waals surface area contributed by atoms with Crippen molar-refractivity contribution in [2.24, 2.45) is 5.92 Å². The van der Waals surface area contributed by atoms with Crippen LogP contribution in [0.25, 0.3) is 11.0 Å². The highest BCUT2D eigenvalue weighted by Gasteiger charge is 2.61. The van der Waals surface area contributed by atoms with Crippen LogP contribution >= 0.6 is 0 Å². The molecule has 3 heterocycles. The molecule has 1 aliphatic heterocycles. The molecule has 3 aromatic rings. The molecule has 1 aliphatic carbocycles. The average molecular weight is 395 g/mol. The van der Waals surface area contributed by atoms with Crippen LogP contribution in [0.2, 0.25) is 0 Å². The predicted molar refractivity (Wildman–Crippen MR) is 106 cm³/mol. The first-order valence-electron chi connectivity index (χ1n) is 10.4. The van der Waals surface area contributed by atoms with E-state index in [1.165, 1.54) is 0 Å².